The van der Waals surface area contributed by atoms with E-state index in [1.165, 1.54) is 12.7 Å². The fourth-order valence-electron chi connectivity index (χ4n) is 1.57. The maximum atomic E-state index is 11.2. The Hall–Kier alpha value is -0.870. The zero-order valence-corrected chi connectivity index (χ0v) is 11.1. The highest BCUT2D eigenvalue weighted by Gasteiger charge is 2.17. The van der Waals surface area contributed by atoms with Crippen molar-refractivity contribution in [3.63, 3.8) is 0 Å². The van der Waals surface area contributed by atoms with E-state index < -0.39 is 0 Å². The van der Waals surface area contributed by atoms with Gasteiger partial charge in [0.05, 0.1) is 13.5 Å². The summed E-state index contributed by atoms with van der Waals surface area (Å²) < 4.78 is 5.65. The summed E-state index contributed by atoms with van der Waals surface area (Å²) in [6.45, 7) is 2.45. The van der Waals surface area contributed by atoms with Gasteiger partial charge in [-0.05, 0) is 30.7 Å². The first-order valence-electron chi connectivity index (χ1n) is 5.11. The SMILES string of the molecule is COC(=O)CC(CN)c1ccc(C)cc1Br. The molecule has 0 fully saturated rings. The number of aryl methyl sites for hydroxylation is 1. The Labute approximate surface area is 104 Å². The van der Waals surface area contributed by atoms with Crippen molar-refractivity contribution in [2.45, 2.75) is 19.3 Å². The van der Waals surface area contributed by atoms with E-state index in [4.69, 9.17) is 5.73 Å². The van der Waals surface area contributed by atoms with Gasteiger partial charge in [-0.15, -0.1) is 0 Å². The number of methoxy groups -OCH3 is 1. The number of carbonyl (C=O) groups is 1. The van der Waals surface area contributed by atoms with Crippen LogP contribution in [0, 0.1) is 6.92 Å². The maximum Gasteiger partial charge on any atom is 0.306 e. The van der Waals surface area contributed by atoms with Crippen LogP contribution in [0.3, 0.4) is 0 Å². The van der Waals surface area contributed by atoms with Crippen LogP contribution >= 0.6 is 15.9 Å². The highest BCUT2D eigenvalue weighted by atomic mass is 79.9. The van der Waals surface area contributed by atoms with Crippen LogP contribution in [0.25, 0.3) is 0 Å². The van der Waals surface area contributed by atoms with Crippen molar-refractivity contribution >= 4 is 21.9 Å². The van der Waals surface area contributed by atoms with Gasteiger partial charge in [0.25, 0.3) is 0 Å². The van der Waals surface area contributed by atoms with Gasteiger partial charge in [0.2, 0.25) is 0 Å². The lowest BCUT2D eigenvalue weighted by Crippen LogP contribution is -2.17. The van der Waals surface area contributed by atoms with Crippen LogP contribution in [0.15, 0.2) is 22.7 Å². The van der Waals surface area contributed by atoms with Crippen molar-refractivity contribution in [3.8, 4) is 0 Å². The van der Waals surface area contributed by atoms with Crippen LogP contribution in [-0.4, -0.2) is 19.6 Å². The Balaban J connectivity index is 2.90. The van der Waals surface area contributed by atoms with Crippen molar-refractivity contribution in [2.75, 3.05) is 13.7 Å². The lowest BCUT2D eigenvalue weighted by atomic mass is 9.95. The molecule has 0 aromatic heterocycles. The van der Waals surface area contributed by atoms with Crippen molar-refractivity contribution in [3.05, 3.63) is 33.8 Å². The first-order valence-corrected chi connectivity index (χ1v) is 5.90. The quantitative estimate of drug-likeness (QED) is 0.864. The first kappa shape index (κ1) is 13.2. The summed E-state index contributed by atoms with van der Waals surface area (Å²) in [5.41, 5.74) is 7.91. The van der Waals surface area contributed by atoms with Crippen molar-refractivity contribution in [1.29, 1.82) is 0 Å². The van der Waals surface area contributed by atoms with E-state index >= 15 is 0 Å². The van der Waals surface area contributed by atoms with E-state index in [1.54, 1.807) is 0 Å². The van der Waals surface area contributed by atoms with Crippen molar-refractivity contribution < 1.29 is 9.53 Å². The van der Waals surface area contributed by atoms with Gasteiger partial charge in [0, 0.05) is 10.4 Å². The number of hydrogen-bond acceptors (Lipinski definition) is 3. The summed E-state index contributed by atoms with van der Waals surface area (Å²) >= 11 is 3.49. The Morgan fingerprint density at radius 1 is 1.56 bits per heavy atom. The fraction of sp³-hybridized carbons (Fsp3) is 0.417. The van der Waals surface area contributed by atoms with Crippen molar-refractivity contribution in [1.82, 2.24) is 0 Å². The molecule has 0 spiro atoms. The van der Waals surface area contributed by atoms with Crippen LogP contribution in [0.1, 0.15) is 23.5 Å². The molecule has 1 aromatic rings. The summed E-state index contributed by atoms with van der Waals surface area (Å²) in [5, 5.41) is 0. The van der Waals surface area contributed by atoms with E-state index in [1.807, 2.05) is 25.1 Å². The number of halogens is 1. The molecule has 0 heterocycles. The lowest BCUT2D eigenvalue weighted by molar-refractivity contribution is -0.141. The zero-order chi connectivity index (χ0) is 12.1. The minimum atomic E-state index is -0.233. The van der Waals surface area contributed by atoms with E-state index in [0.29, 0.717) is 13.0 Å². The molecule has 0 aliphatic heterocycles. The van der Waals surface area contributed by atoms with E-state index in [2.05, 4.69) is 20.7 Å². The number of nitrogens with two attached hydrogens (primary N) is 1. The Morgan fingerprint density at radius 2 is 2.25 bits per heavy atom. The third-order valence-electron chi connectivity index (χ3n) is 2.52. The molecule has 0 amide bonds. The van der Waals surface area contributed by atoms with E-state index in [-0.39, 0.29) is 11.9 Å². The number of esters is 1. The smallest absolute Gasteiger partial charge is 0.306 e. The van der Waals surface area contributed by atoms with Gasteiger partial charge < -0.3 is 10.5 Å². The first-order chi connectivity index (χ1) is 7.58. The van der Waals surface area contributed by atoms with Crippen LogP contribution in [-0.2, 0) is 9.53 Å². The molecule has 0 radical (unpaired) electrons. The third-order valence-corrected chi connectivity index (χ3v) is 3.21. The minimum absolute atomic E-state index is 0.00225. The minimum Gasteiger partial charge on any atom is -0.469 e. The monoisotopic (exact) mass is 285 g/mol. The predicted molar refractivity (Wildman–Crippen MR) is 67.3 cm³/mol. The molecule has 0 bridgehead atoms. The summed E-state index contributed by atoms with van der Waals surface area (Å²) in [5.74, 6) is -0.231. The highest BCUT2D eigenvalue weighted by molar-refractivity contribution is 9.10. The number of carbonyl (C=O) groups excluding carboxylic acids is 1. The van der Waals surface area contributed by atoms with Crippen LogP contribution in [0.2, 0.25) is 0 Å². The zero-order valence-electron chi connectivity index (χ0n) is 9.50. The molecular weight excluding hydrogens is 270 g/mol. The number of benzene rings is 1. The average molecular weight is 286 g/mol. The summed E-state index contributed by atoms with van der Waals surface area (Å²) in [6, 6.07) is 6.04. The number of hydrogen-bond donors (Lipinski definition) is 1. The van der Waals surface area contributed by atoms with Crippen LogP contribution < -0.4 is 5.73 Å². The molecule has 1 aromatic carbocycles. The molecule has 4 heteroatoms. The van der Waals surface area contributed by atoms with Gasteiger partial charge in [0.15, 0.2) is 0 Å². The molecule has 1 atom stereocenters. The van der Waals surface area contributed by atoms with Gasteiger partial charge >= 0.3 is 5.97 Å². The predicted octanol–water partition coefficient (Wildman–Crippen LogP) is 2.36. The van der Waals surface area contributed by atoms with Crippen LogP contribution in [0.4, 0.5) is 0 Å². The molecule has 0 aliphatic rings. The molecule has 1 rings (SSSR count). The van der Waals surface area contributed by atoms with E-state index in [9.17, 15) is 4.79 Å². The molecule has 88 valence electrons. The maximum absolute atomic E-state index is 11.2. The van der Waals surface area contributed by atoms with Gasteiger partial charge in [-0.3, -0.25) is 4.79 Å². The Kier molecular flexibility index (Phi) is 4.96. The van der Waals surface area contributed by atoms with Gasteiger partial charge in [-0.2, -0.15) is 0 Å². The summed E-state index contributed by atoms with van der Waals surface area (Å²) in [7, 11) is 1.39. The van der Waals surface area contributed by atoms with E-state index in [0.717, 1.165) is 10.0 Å². The number of ether oxygens (including phenoxy) is 1. The molecule has 0 saturated heterocycles. The second kappa shape index (κ2) is 6.01. The largest absolute Gasteiger partial charge is 0.469 e. The molecule has 1 unspecified atom stereocenters. The van der Waals surface area contributed by atoms with Gasteiger partial charge in [-0.25, -0.2) is 0 Å². The lowest BCUT2D eigenvalue weighted by Gasteiger charge is -2.16. The Bertz CT molecular complexity index is 379. The molecular formula is C12H16BrNO2. The molecule has 0 saturated carbocycles. The van der Waals surface area contributed by atoms with Gasteiger partial charge in [0.1, 0.15) is 0 Å². The molecule has 3 nitrogen and oxygen atoms in total. The number of rotatable bonds is 4. The molecule has 16 heavy (non-hydrogen) atoms. The van der Waals surface area contributed by atoms with Crippen LogP contribution in [0.5, 0.6) is 0 Å². The average Bonchev–Trinajstić information content (AvgIpc) is 2.26. The molecule has 0 aliphatic carbocycles. The topological polar surface area (TPSA) is 52.3 Å². The standard InChI is InChI=1S/C12H16BrNO2/c1-8-3-4-10(11(13)5-8)9(7-14)6-12(15)16-2/h3-5,9H,6-7,14H2,1-2H3. The Morgan fingerprint density at radius 3 is 2.75 bits per heavy atom. The summed E-state index contributed by atoms with van der Waals surface area (Å²) in [4.78, 5) is 11.2. The summed E-state index contributed by atoms with van der Waals surface area (Å²) in [6.07, 6.45) is 0.314. The third kappa shape index (κ3) is 3.32. The molecule has 2 N–H and O–H groups in total. The van der Waals surface area contributed by atoms with Crippen molar-refractivity contribution in [2.24, 2.45) is 5.73 Å². The fourth-order valence-corrected chi connectivity index (χ4v) is 2.39. The second-order valence-electron chi connectivity index (χ2n) is 3.74. The normalized spacial score (nSPS) is 12.2. The van der Waals surface area contributed by atoms with Gasteiger partial charge in [-0.1, -0.05) is 28.1 Å². The highest BCUT2D eigenvalue weighted by Crippen LogP contribution is 2.28. The second-order valence-corrected chi connectivity index (χ2v) is 4.59.